The predicted octanol–water partition coefficient (Wildman–Crippen LogP) is 1.68. The number of ether oxygens (including phenoxy) is 2. The topological polar surface area (TPSA) is 372 Å². The van der Waals surface area contributed by atoms with Gasteiger partial charge >= 0.3 is 11.9 Å². The molecule has 10 atom stereocenters. The van der Waals surface area contributed by atoms with Crippen LogP contribution in [0.5, 0.6) is 0 Å². The summed E-state index contributed by atoms with van der Waals surface area (Å²) in [7, 11) is 5.63. The third kappa shape index (κ3) is 15.9. The lowest BCUT2D eigenvalue weighted by Gasteiger charge is -2.36. The van der Waals surface area contributed by atoms with Gasteiger partial charge in [-0.25, -0.2) is 14.6 Å². The van der Waals surface area contributed by atoms with Gasteiger partial charge in [0.25, 0.3) is 11.8 Å². The van der Waals surface area contributed by atoms with E-state index >= 15 is 19.2 Å². The normalized spacial score (nSPS) is 25.3. The molecule has 5 aliphatic heterocycles. The Morgan fingerprint density at radius 1 is 0.625 bits per heavy atom. The minimum Gasteiger partial charge on any atom is -0.458 e. The number of nitrogens with zero attached hydrogens (tertiary/aromatic N) is 7. The Balaban J connectivity index is 1.38. The first-order chi connectivity index (χ1) is 45.1. The SMILES string of the molecule is Cc1c2oc3c(C)ccc(C(=O)NC4C(=O)NC(C(C)C)C(=O)N5CCCC5C(=O)N(C)CC(=O)N(C)C(C(C)C)C(=O)OC4C)c3nc-2c(C(=O)NC2C(=O)NC(C(C)C)C(=O)N3CCCC3C(=O)N(C)CC(=O)N(C)C(C(C)C)C(=O)OC2C)c(NCCCCCN)c1=O. The van der Waals surface area contributed by atoms with Gasteiger partial charge in [0.05, 0.1) is 29.9 Å². The van der Waals surface area contributed by atoms with Gasteiger partial charge in [-0.2, -0.15) is 0 Å². The molecule has 1 aromatic carbocycles. The van der Waals surface area contributed by atoms with Crippen molar-refractivity contribution in [1.82, 2.24) is 55.7 Å². The number of cyclic esters (lactones) is 2. The van der Waals surface area contributed by atoms with Crippen LogP contribution in [0.4, 0.5) is 5.69 Å². The lowest BCUT2D eigenvalue weighted by Crippen LogP contribution is -2.61. The van der Waals surface area contributed by atoms with Gasteiger partial charge in [0, 0.05) is 53.4 Å². The summed E-state index contributed by atoms with van der Waals surface area (Å²) in [5.41, 5.74) is 3.83. The van der Waals surface area contributed by atoms with Crippen molar-refractivity contribution in [2.24, 2.45) is 29.4 Å². The maximum Gasteiger partial charge on any atom is 0.329 e. The molecule has 1 aliphatic carbocycles. The van der Waals surface area contributed by atoms with Crippen LogP contribution in [0.2, 0.25) is 0 Å². The van der Waals surface area contributed by atoms with E-state index in [1.165, 1.54) is 80.7 Å². The van der Waals surface area contributed by atoms with Crippen molar-refractivity contribution in [3.8, 4) is 11.5 Å². The summed E-state index contributed by atoms with van der Waals surface area (Å²) in [6.07, 6.45) is 0.0604. The highest BCUT2D eigenvalue weighted by Crippen LogP contribution is 2.36. The number of hydrogen-bond donors (Lipinski definition) is 6. The maximum absolute atomic E-state index is 15.7. The van der Waals surface area contributed by atoms with Crippen molar-refractivity contribution < 1.29 is 71.4 Å². The van der Waals surface area contributed by atoms with Gasteiger partial charge in [0.2, 0.25) is 52.7 Å². The van der Waals surface area contributed by atoms with E-state index in [9.17, 15) is 43.2 Å². The molecule has 0 radical (unpaired) electrons. The van der Waals surface area contributed by atoms with Crippen molar-refractivity contribution in [2.45, 2.75) is 189 Å². The van der Waals surface area contributed by atoms with Crippen LogP contribution >= 0.6 is 0 Å². The second-order valence-corrected chi connectivity index (χ2v) is 27.3. The standard InChI is InChI=1S/C67H97N13O16/c1-32(2)46-64(90)79-28-20-22-41(79)62(88)75(13)30-43(81)77(15)53(34(5)6)66(92)94-38(11)48(60(86)71-46)73-58(84)40-25-24-36(9)56-50(40)70-52-45(51(69-27-19-17-18-26-68)55(83)37(10)57(52)96-56)59(85)74-49-39(12)95-67(93)54(35(7)8)78(16)44(82)31-76(14)63(89)42-23-21-29-80(42)65(91)47(33(3)4)72-61(49)87/h24-25,32-35,38-39,41-42,46-49,53-54,69H,17-23,26-31,68H2,1-16H3,(H,71,86)(H,72,87)(H,73,84)(H,74,85). The molecule has 0 bridgehead atoms. The number of likely N-dealkylation sites (N-methyl/N-ethyl adjacent to an activating group) is 4. The number of aromatic nitrogens is 1. The summed E-state index contributed by atoms with van der Waals surface area (Å²) in [4.78, 5) is 202. The number of rotatable bonds is 14. The summed E-state index contributed by atoms with van der Waals surface area (Å²) in [6, 6.07) is -7.83. The molecular formula is C67H97N13O16. The largest absolute Gasteiger partial charge is 0.458 e. The molecule has 6 aliphatic rings. The monoisotopic (exact) mass is 1340 g/mol. The lowest BCUT2D eigenvalue weighted by molar-refractivity contribution is -0.163. The van der Waals surface area contributed by atoms with Crippen LogP contribution in [-0.4, -0.2) is 233 Å². The number of hydrogen-bond acceptors (Lipinski definition) is 19. The lowest BCUT2D eigenvalue weighted by atomic mass is 9.97. The number of benzene rings is 2. The summed E-state index contributed by atoms with van der Waals surface area (Å²) in [5, 5.41) is 14.1. The molecular weight excluding hydrogens is 1240 g/mol. The molecule has 10 unspecified atom stereocenters. The Kier molecular flexibility index (Phi) is 24.4. The minimum absolute atomic E-state index is 0.0303. The number of aryl methyl sites for hydroxylation is 1. The minimum atomic E-state index is -1.87. The van der Waals surface area contributed by atoms with E-state index in [0.717, 1.165) is 9.80 Å². The van der Waals surface area contributed by atoms with Crippen LogP contribution in [0.3, 0.4) is 0 Å². The average Bonchev–Trinajstić information content (AvgIpc) is 0.916. The van der Waals surface area contributed by atoms with Crippen LogP contribution < -0.4 is 37.7 Å². The summed E-state index contributed by atoms with van der Waals surface area (Å²) in [5.74, 6) is -12.1. The molecule has 5 heterocycles. The summed E-state index contributed by atoms with van der Waals surface area (Å²) in [6.45, 7) is 19.1. The van der Waals surface area contributed by atoms with E-state index in [0.29, 0.717) is 44.2 Å². The van der Waals surface area contributed by atoms with Crippen LogP contribution in [0, 0.1) is 37.5 Å². The molecule has 7 rings (SSSR count). The summed E-state index contributed by atoms with van der Waals surface area (Å²) < 4.78 is 18.6. The molecule has 29 nitrogen and oxygen atoms in total. The first kappa shape index (κ1) is 74.6. The number of nitrogens with two attached hydrogens (primary N) is 1. The molecule has 4 saturated heterocycles. The molecule has 0 spiro atoms. The van der Waals surface area contributed by atoms with E-state index in [1.807, 2.05) is 0 Å². The number of anilines is 1. The number of fused-ring (bicyclic) bond motifs is 4. The van der Waals surface area contributed by atoms with Crippen molar-refractivity contribution in [3.05, 3.63) is 44.6 Å². The van der Waals surface area contributed by atoms with Crippen LogP contribution in [0.15, 0.2) is 21.3 Å². The smallest absolute Gasteiger partial charge is 0.329 e. The Bertz CT molecular complexity index is 3530. The first-order valence-corrected chi connectivity index (χ1v) is 33.3. The average molecular weight is 1340 g/mol. The maximum atomic E-state index is 15.7. The van der Waals surface area contributed by atoms with Gasteiger partial charge in [0.1, 0.15) is 71.8 Å². The third-order valence-corrected chi connectivity index (χ3v) is 18.7. The van der Waals surface area contributed by atoms with Crippen LogP contribution in [0.25, 0.3) is 22.6 Å². The molecule has 7 N–H and O–H groups in total. The number of nitrogens with one attached hydrogen (secondary N) is 5. The molecule has 10 amide bonds. The Labute approximate surface area is 559 Å². The van der Waals surface area contributed by atoms with Gasteiger partial charge in [-0.3, -0.25) is 52.7 Å². The van der Waals surface area contributed by atoms with Crippen molar-refractivity contribution in [1.29, 1.82) is 0 Å². The highest BCUT2D eigenvalue weighted by molar-refractivity contribution is 6.11. The number of amides is 10. The number of carbonyl (C=O) groups is 12. The Morgan fingerprint density at radius 3 is 1.52 bits per heavy atom. The highest BCUT2D eigenvalue weighted by Gasteiger charge is 2.47. The fourth-order valence-electron chi connectivity index (χ4n) is 13.1. The second-order valence-electron chi connectivity index (χ2n) is 27.3. The van der Waals surface area contributed by atoms with E-state index in [-0.39, 0.29) is 71.8 Å². The van der Waals surface area contributed by atoms with Crippen molar-refractivity contribution >= 4 is 87.8 Å². The summed E-state index contributed by atoms with van der Waals surface area (Å²) >= 11 is 0. The first-order valence-electron chi connectivity index (χ1n) is 33.3. The molecule has 4 fully saturated rings. The number of carbonyl (C=O) groups excluding carboxylic acids is 12. The fourth-order valence-corrected chi connectivity index (χ4v) is 13.1. The van der Waals surface area contributed by atoms with E-state index in [4.69, 9.17) is 24.6 Å². The van der Waals surface area contributed by atoms with E-state index in [2.05, 4.69) is 26.6 Å². The van der Waals surface area contributed by atoms with E-state index < -0.39 is 179 Å². The zero-order valence-corrected chi connectivity index (χ0v) is 58.2. The molecule has 0 aromatic heterocycles. The number of esters is 2. The molecule has 29 heteroatoms. The van der Waals surface area contributed by atoms with Gasteiger partial charge in [0.15, 0.2) is 11.3 Å². The quantitative estimate of drug-likeness (QED) is 0.0759. The van der Waals surface area contributed by atoms with E-state index in [1.54, 1.807) is 62.3 Å². The zero-order chi connectivity index (χ0) is 71.2. The van der Waals surface area contributed by atoms with Crippen LogP contribution in [0.1, 0.15) is 146 Å². The highest BCUT2D eigenvalue weighted by atomic mass is 16.6. The van der Waals surface area contributed by atoms with Gasteiger partial charge in [-0.15, -0.1) is 0 Å². The number of unbranched alkanes of at least 4 members (excludes halogenated alkanes) is 2. The molecule has 526 valence electrons. The molecule has 96 heavy (non-hydrogen) atoms. The van der Waals surface area contributed by atoms with Crippen molar-refractivity contribution in [2.75, 3.05) is 72.8 Å². The van der Waals surface area contributed by atoms with Gasteiger partial charge < -0.3 is 75.6 Å². The fraction of sp³-hybridized carbons (Fsp3) is 0.642. The van der Waals surface area contributed by atoms with Gasteiger partial charge in [-0.1, -0.05) is 67.9 Å². The zero-order valence-electron chi connectivity index (χ0n) is 58.2. The van der Waals surface area contributed by atoms with Crippen molar-refractivity contribution in [3.63, 3.8) is 0 Å². The molecule has 0 saturated carbocycles. The third-order valence-electron chi connectivity index (χ3n) is 18.7. The second kappa shape index (κ2) is 31.4. The Morgan fingerprint density at radius 2 is 1.08 bits per heavy atom. The van der Waals surface area contributed by atoms with Crippen LogP contribution in [-0.2, 0) is 57.4 Å². The van der Waals surface area contributed by atoms with Gasteiger partial charge in [-0.05, 0) is 108 Å². The predicted molar refractivity (Wildman–Crippen MR) is 352 cm³/mol. The molecule has 1 aromatic rings. The Hall–Kier alpha value is -8.76.